The molecule has 0 aliphatic carbocycles. The van der Waals surface area contributed by atoms with Crippen molar-refractivity contribution in [3.8, 4) is 0 Å². The monoisotopic (exact) mass is 345 g/mol. The molecule has 0 radical (unpaired) electrons. The molecule has 0 unspecified atom stereocenters. The van der Waals surface area contributed by atoms with Gasteiger partial charge in [-0.05, 0) is 37.1 Å². The fourth-order valence-corrected chi connectivity index (χ4v) is 2.47. The molecule has 6 nitrogen and oxygen atoms in total. The van der Waals surface area contributed by atoms with Crippen LogP contribution >= 0.6 is 0 Å². The van der Waals surface area contributed by atoms with E-state index in [1.54, 1.807) is 0 Å². The summed E-state index contributed by atoms with van der Waals surface area (Å²) in [7, 11) is -4.75. The van der Waals surface area contributed by atoms with Gasteiger partial charge in [0.2, 0.25) is 0 Å². The second kappa shape index (κ2) is 9.24. The maximum Gasteiger partial charge on any atom is 0.332 e. The van der Waals surface area contributed by atoms with Gasteiger partial charge in [-0.1, -0.05) is 19.3 Å². The molecule has 1 aromatic carbocycles. The summed E-state index contributed by atoms with van der Waals surface area (Å²) in [6, 6.07) is 4.61. The van der Waals surface area contributed by atoms with E-state index in [-0.39, 0.29) is 17.9 Å². The van der Waals surface area contributed by atoms with Gasteiger partial charge in [-0.15, -0.1) is 3.89 Å². The van der Waals surface area contributed by atoms with Crippen molar-refractivity contribution in [1.82, 2.24) is 5.32 Å². The number of aliphatic carboxylic acids is 1. The van der Waals surface area contributed by atoms with E-state index < -0.39 is 21.1 Å². The first-order chi connectivity index (χ1) is 10.8. The van der Waals surface area contributed by atoms with Gasteiger partial charge in [-0.3, -0.25) is 9.59 Å². The predicted molar refractivity (Wildman–Crippen MR) is 82.4 cm³/mol. The number of benzene rings is 1. The summed E-state index contributed by atoms with van der Waals surface area (Å²) in [4.78, 5) is 21.6. The van der Waals surface area contributed by atoms with E-state index in [1.807, 2.05) is 0 Å². The van der Waals surface area contributed by atoms with Crippen LogP contribution in [0, 0.1) is 0 Å². The Kier molecular flexibility index (Phi) is 7.67. The molecule has 0 spiro atoms. The summed E-state index contributed by atoms with van der Waals surface area (Å²) in [6.45, 7) is 0.473. The van der Waals surface area contributed by atoms with Gasteiger partial charge in [0.05, 0.1) is 4.90 Å². The first-order valence-corrected chi connectivity index (χ1v) is 8.74. The number of amides is 1. The van der Waals surface area contributed by atoms with Crippen molar-refractivity contribution in [3.05, 3.63) is 29.8 Å². The van der Waals surface area contributed by atoms with Crippen molar-refractivity contribution in [2.24, 2.45) is 0 Å². The van der Waals surface area contributed by atoms with Crippen LogP contribution in [0.2, 0.25) is 0 Å². The van der Waals surface area contributed by atoms with Crippen LogP contribution in [-0.4, -0.2) is 31.9 Å². The second-order valence-electron chi connectivity index (χ2n) is 5.13. The number of nitrogens with one attached hydrogen (secondary N) is 1. The lowest BCUT2D eigenvalue weighted by molar-refractivity contribution is -0.137. The quantitative estimate of drug-likeness (QED) is 0.501. The zero-order valence-electron chi connectivity index (χ0n) is 12.6. The molecule has 0 aromatic heterocycles. The Morgan fingerprint density at radius 3 is 2.13 bits per heavy atom. The second-order valence-corrected chi connectivity index (χ2v) is 6.48. The van der Waals surface area contributed by atoms with Gasteiger partial charge in [-0.25, -0.2) is 0 Å². The van der Waals surface area contributed by atoms with Crippen molar-refractivity contribution in [1.29, 1.82) is 0 Å². The molecule has 1 aromatic rings. The van der Waals surface area contributed by atoms with E-state index in [2.05, 4.69) is 5.32 Å². The highest BCUT2D eigenvalue weighted by Gasteiger charge is 2.12. The number of hydrogen-bond donors (Lipinski definition) is 2. The molecule has 2 N–H and O–H groups in total. The van der Waals surface area contributed by atoms with Crippen molar-refractivity contribution in [2.75, 3.05) is 6.54 Å². The van der Waals surface area contributed by atoms with Crippen LogP contribution in [-0.2, 0) is 15.0 Å². The van der Waals surface area contributed by atoms with E-state index in [4.69, 9.17) is 5.11 Å². The number of unbranched alkanes of at least 4 members (excludes halogenated alkanes) is 4. The van der Waals surface area contributed by atoms with Crippen molar-refractivity contribution in [3.63, 3.8) is 0 Å². The average molecular weight is 345 g/mol. The zero-order valence-corrected chi connectivity index (χ0v) is 13.4. The molecule has 23 heavy (non-hydrogen) atoms. The molecule has 0 heterocycles. The highest BCUT2D eigenvalue weighted by atomic mass is 32.3. The van der Waals surface area contributed by atoms with Gasteiger partial charge >= 0.3 is 16.2 Å². The maximum atomic E-state index is 12.7. The minimum absolute atomic E-state index is 0.182. The third-order valence-corrected chi connectivity index (χ3v) is 4.09. The number of rotatable bonds is 10. The van der Waals surface area contributed by atoms with Gasteiger partial charge in [0, 0.05) is 18.5 Å². The summed E-state index contributed by atoms with van der Waals surface area (Å²) < 4.78 is 34.1. The first kappa shape index (κ1) is 19.1. The summed E-state index contributed by atoms with van der Waals surface area (Å²) in [5, 5.41) is 11.2. The fourth-order valence-electron chi connectivity index (χ4n) is 2.00. The molecule has 0 atom stereocenters. The van der Waals surface area contributed by atoms with Crippen LogP contribution in [0.3, 0.4) is 0 Å². The standard InChI is InChI=1S/C15H20FNO5S/c16-23(21,22)13-9-7-12(8-10-13)15(20)17-11-5-3-1-2-4-6-14(18)19/h7-10H,1-6,11H2,(H,17,20)(H,18,19). The third kappa shape index (κ3) is 7.73. The molecular formula is C15H20FNO5S. The number of carbonyl (C=O) groups is 2. The molecule has 0 saturated carbocycles. The average Bonchev–Trinajstić information content (AvgIpc) is 2.48. The lowest BCUT2D eigenvalue weighted by atomic mass is 10.1. The van der Waals surface area contributed by atoms with Gasteiger partial charge in [0.1, 0.15) is 0 Å². The molecule has 0 bridgehead atoms. The fraction of sp³-hybridized carbons (Fsp3) is 0.467. The SMILES string of the molecule is O=C(O)CCCCCCCNC(=O)c1ccc(S(=O)(=O)F)cc1. The molecule has 8 heteroatoms. The first-order valence-electron chi connectivity index (χ1n) is 7.35. The van der Waals surface area contributed by atoms with E-state index in [0.29, 0.717) is 13.0 Å². The summed E-state index contributed by atoms with van der Waals surface area (Å²) in [6.07, 6.45) is 4.26. The van der Waals surface area contributed by atoms with Gasteiger partial charge in [0.15, 0.2) is 0 Å². The van der Waals surface area contributed by atoms with E-state index in [9.17, 15) is 21.9 Å². The Morgan fingerprint density at radius 1 is 1.00 bits per heavy atom. The van der Waals surface area contributed by atoms with Crippen LogP contribution < -0.4 is 5.32 Å². The largest absolute Gasteiger partial charge is 0.481 e. The van der Waals surface area contributed by atoms with E-state index in [0.717, 1.165) is 37.8 Å². The Morgan fingerprint density at radius 2 is 1.57 bits per heavy atom. The molecule has 0 aliphatic heterocycles. The Balaban J connectivity index is 2.23. The highest BCUT2D eigenvalue weighted by molar-refractivity contribution is 7.86. The predicted octanol–water partition coefficient (Wildman–Crippen LogP) is 2.50. The maximum absolute atomic E-state index is 12.7. The Labute approximate surface area is 134 Å². The molecule has 128 valence electrons. The van der Waals surface area contributed by atoms with Crippen LogP contribution in [0.4, 0.5) is 3.89 Å². The molecule has 1 amide bonds. The molecule has 0 fully saturated rings. The third-order valence-electron chi connectivity index (χ3n) is 3.25. The van der Waals surface area contributed by atoms with Crippen molar-refractivity contribution in [2.45, 2.75) is 43.4 Å². The molecule has 0 saturated heterocycles. The minimum Gasteiger partial charge on any atom is -0.481 e. The number of carboxylic acids is 1. The molecule has 0 aliphatic rings. The zero-order chi connectivity index (χ0) is 17.3. The molecule has 1 rings (SSSR count). The van der Waals surface area contributed by atoms with Crippen molar-refractivity contribution >= 4 is 22.1 Å². The van der Waals surface area contributed by atoms with Crippen LogP contribution in [0.1, 0.15) is 48.9 Å². The normalized spacial score (nSPS) is 11.2. The van der Waals surface area contributed by atoms with Crippen LogP contribution in [0.25, 0.3) is 0 Å². The van der Waals surface area contributed by atoms with Gasteiger partial charge in [-0.2, -0.15) is 8.42 Å². The summed E-state index contributed by atoms with van der Waals surface area (Å²) in [5.74, 6) is -1.14. The smallest absolute Gasteiger partial charge is 0.332 e. The number of carboxylic acid groups (broad SMARTS) is 1. The van der Waals surface area contributed by atoms with Crippen LogP contribution in [0.15, 0.2) is 29.2 Å². The highest BCUT2D eigenvalue weighted by Crippen LogP contribution is 2.13. The minimum atomic E-state index is -4.75. The van der Waals surface area contributed by atoms with Gasteiger partial charge in [0.25, 0.3) is 5.91 Å². The van der Waals surface area contributed by atoms with E-state index in [1.165, 1.54) is 12.1 Å². The van der Waals surface area contributed by atoms with Crippen molar-refractivity contribution < 1.29 is 27.0 Å². The summed E-state index contributed by atoms with van der Waals surface area (Å²) in [5.41, 5.74) is 0.263. The number of carbonyl (C=O) groups excluding carboxylic acids is 1. The van der Waals surface area contributed by atoms with Crippen LogP contribution in [0.5, 0.6) is 0 Å². The Bertz CT molecular complexity index is 628. The summed E-state index contributed by atoms with van der Waals surface area (Å²) >= 11 is 0. The Hall–Kier alpha value is -1.96. The molecular weight excluding hydrogens is 325 g/mol. The lowest BCUT2D eigenvalue weighted by Gasteiger charge is -2.05. The van der Waals surface area contributed by atoms with E-state index >= 15 is 0 Å². The number of halogens is 1. The topological polar surface area (TPSA) is 101 Å². The lowest BCUT2D eigenvalue weighted by Crippen LogP contribution is -2.24. The number of hydrogen-bond acceptors (Lipinski definition) is 4. The van der Waals surface area contributed by atoms with Gasteiger partial charge < -0.3 is 10.4 Å².